The van der Waals surface area contributed by atoms with Crippen molar-refractivity contribution in [1.82, 2.24) is 15.0 Å². The van der Waals surface area contributed by atoms with Crippen molar-refractivity contribution < 1.29 is 33.7 Å². The van der Waals surface area contributed by atoms with E-state index in [1.54, 1.807) is 27.7 Å². The van der Waals surface area contributed by atoms with Gasteiger partial charge in [-0.3, -0.25) is 5.32 Å². The van der Waals surface area contributed by atoms with Gasteiger partial charge in [0, 0.05) is 1.43 Å². The van der Waals surface area contributed by atoms with Gasteiger partial charge >= 0.3 is 12.1 Å². The van der Waals surface area contributed by atoms with Gasteiger partial charge in [-0.1, -0.05) is 0 Å². The summed E-state index contributed by atoms with van der Waals surface area (Å²) in [5.74, 6) is -2.35. The zero-order valence-electron chi connectivity index (χ0n) is 20.7. The van der Waals surface area contributed by atoms with Crippen LogP contribution in [0.5, 0.6) is 0 Å². The Hall–Kier alpha value is -3.46. The number of aromatic nitrogens is 3. The van der Waals surface area contributed by atoms with Crippen LogP contribution in [-0.4, -0.2) is 39.2 Å². The van der Waals surface area contributed by atoms with Gasteiger partial charge in [0.25, 0.3) is 0 Å². The number of nitrogens with zero attached hydrogens (tertiary/aromatic N) is 3. The summed E-state index contributed by atoms with van der Waals surface area (Å²) in [6.07, 6.45) is 2.27. The van der Waals surface area contributed by atoms with Crippen molar-refractivity contribution in [3.05, 3.63) is 69.1 Å². The fourth-order valence-corrected chi connectivity index (χ4v) is 2.80. The van der Waals surface area contributed by atoms with Crippen LogP contribution in [0.25, 0.3) is 0 Å². The molecule has 3 heterocycles. The number of amides is 1. The van der Waals surface area contributed by atoms with E-state index in [0.717, 1.165) is 24.7 Å². The lowest BCUT2D eigenvalue weighted by molar-refractivity contribution is 0.0518. The van der Waals surface area contributed by atoms with Crippen LogP contribution in [0, 0.1) is 17.5 Å². The number of ether oxygens (including phenoxy) is 2. The second-order valence-corrected chi connectivity index (χ2v) is 9.58. The third-order valence-corrected chi connectivity index (χ3v) is 4.55. The van der Waals surface area contributed by atoms with Crippen LogP contribution in [0.2, 0.25) is 0 Å². The number of carbonyl (C=O) groups is 2. The number of hydrogen-bond donors (Lipinski definition) is 3. The molecule has 15 heteroatoms. The van der Waals surface area contributed by atoms with Crippen LogP contribution >= 0.6 is 31.9 Å². The molecule has 0 saturated heterocycles. The van der Waals surface area contributed by atoms with Gasteiger partial charge in [0.2, 0.25) is 0 Å². The lowest BCUT2D eigenvalue weighted by atomic mass is 10.2. The molecule has 0 aromatic carbocycles. The van der Waals surface area contributed by atoms with Gasteiger partial charge in [-0.05, 0) is 77.8 Å². The van der Waals surface area contributed by atoms with Crippen molar-refractivity contribution in [3.8, 4) is 0 Å². The number of carbonyl (C=O) groups excluding carboxylic acids is 2. The van der Waals surface area contributed by atoms with E-state index in [1.165, 1.54) is 12.1 Å². The Morgan fingerprint density at radius 1 is 0.921 bits per heavy atom. The van der Waals surface area contributed by atoms with Crippen LogP contribution in [0.15, 0.2) is 46.0 Å². The van der Waals surface area contributed by atoms with E-state index in [2.05, 4.69) is 56.9 Å². The Balaban J connectivity index is 0.000000568. The molecule has 3 rings (SSSR count). The topological polar surface area (TPSA) is 155 Å². The quantitative estimate of drug-likeness (QED) is 0.221. The fourth-order valence-electron chi connectivity index (χ4n) is 2.12. The monoisotopic (exact) mass is 666 g/mol. The highest BCUT2D eigenvalue weighted by Gasteiger charge is 2.17. The van der Waals surface area contributed by atoms with Crippen LogP contribution in [0.1, 0.15) is 39.6 Å². The minimum absolute atomic E-state index is 0. The first-order valence-electron chi connectivity index (χ1n) is 10.6. The van der Waals surface area contributed by atoms with E-state index >= 15 is 0 Å². The summed E-state index contributed by atoms with van der Waals surface area (Å²) in [6, 6.07) is 3.92. The van der Waals surface area contributed by atoms with Crippen molar-refractivity contribution in [2.24, 2.45) is 0 Å². The molecule has 1 amide bonds. The standard InChI is InChI=1S/C10H12BrFN2O2.C8H9FN2O2.C5H4BrFN2.H2/c1-10(2,3)16-9(15)14-7-4-8(11)13-5-6(7)12;1-2-13-8(12)7-3-6(10)5(9)4-11-7;6-5-1-4(8)3(7)2-9-5;/h4-5H,1-3H3,(H,13,14,15);3-4H,2H2,1H3,(H2,10,11);1-2H,(H2,8,9);1H. The highest BCUT2D eigenvalue weighted by molar-refractivity contribution is 9.10. The molecule has 3 aromatic rings. The molecule has 0 aliphatic carbocycles. The van der Waals surface area contributed by atoms with Crippen molar-refractivity contribution in [2.75, 3.05) is 23.4 Å². The summed E-state index contributed by atoms with van der Waals surface area (Å²) in [5.41, 5.74) is 9.82. The van der Waals surface area contributed by atoms with E-state index in [-0.39, 0.29) is 30.8 Å². The first kappa shape index (κ1) is 32.6. The van der Waals surface area contributed by atoms with Crippen LogP contribution < -0.4 is 16.8 Å². The third kappa shape index (κ3) is 12.2. The number of nitrogens with one attached hydrogen (secondary N) is 1. The molecule has 10 nitrogen and oxygen atoms in total. The molecule has 0 aliphatic heterocycles. The highest BCUT2D eigenvalue weighted by atomic mass is 79.9. The van der Waals surface area contributed by atoms with E-state index in [9.17, 15) is 22.8 Å². The van der Waals surface area contributed by atoms with Crippen molar-refractivity contribution in [3.63, 3.8) is 0 Å². The summed E-state index contributed by atoms with van der Waals surface area (Å²) >= 11 is 6.12. The molecule has 0 atom stereocenters. The first-order chi connectivity index (χ1) is 17.6. The van der Waals surface area contributed by atoms with Crippen molar-refractivity contribution >= 4 is 61.0 Å². The Kier molecular flexibility index (Phi) is 12.9. The fraction of sp³-hybridized carbons (Fsp3) is 0.261. The molecule has 0 radical (unpaired) electrons. The summed E-state index contributed by atoms with van der Waals surface area (Å²) < 4.78 is 48.7. The summed E-state index contributed by atoms with van der Waals surface area (Å²) in [7, 11) is 0. The summed E-state index contributed by atoms with van der Waals surface area (Å²) in [6.45, 7) is 7.10. The van der Waals surface area contributed by atoms with Gasteiger partial charge in [0.1, 0.15) is 14.8 Å². The zero-order valence-corrected chi connectivity index (χ0v) is 23.9. The normalized spacial score (nSPS) is 10.2. The number of anilines is 3. The Morgan fingerprint density at radius 3 is 1.89 bits per heavy atom. The summed E-state index contributed by atoms with van der Waals surface area (Å²) in [5, 5.41) is 2.30. The highest BCUT2D eigenvalue weighted by Crippen LogP contribution is 2.18. The average molecular weight is 668 g/mol. The predicted octanol–water partition coefficient (Wildman–Crippen LogP) is 6.12. The van der Waals surface area contributed by atoms with E-state index in [4.69, 9.17) is 16.2 Å². The Bertz CT molecular complexity index is 1270. The number of nitrogens with two attached hydrogens (primary N) is 2. The molecule has 0 bridgehead atoms. The molecule has 0 aliphatic rings. The van der Waals surface area contributed by atoms with Crippen molar-refractivity contribution in [1.29, 1.82) is 0 Å². The molecule has 38 heavy (non-hydrogen) atoms. The predicted molar refractivity (Wildman–Crippen MR) is 145 cm³/mol. The summed E-state index contributed by atoms with van der Waals surface area (Å²) in [4.78, 5) is 33.2. The number of pyridine rings is 3. The lowest BCUT2D eigenvalue weighted by Crippen LogP contribution is -2.27. The van der Waals surface area contributed by atoms with Crippen LogP contribution in [-0.2, 0) is 9.47 Å². The maximum Gasteiger partial charge on any atom is 0.412 e. The van der Waals surface area contributed by atoms with Gasteiger partial charge in [-0.25, -0.2) is 37.7 Å². The molecule has 3 aromatic heterocycles. The molecule has 0 unspecified atom stereocenters. The Morgan fingerprint density at radius 2 is 1.42 bits per heavy atom. The molecule has 208 valence electrons. The number of rotatable bonds is 3. The van der Waals surface area contributed by atoms with Gasteiger partial charge in [0.05, 0.1) is 42.3 Å². The van der Waals surface area contributed by atoms with Crippen molar-refractivity contribution in [2.45, 2.75) is 33.3 Å². The first-order valence-corrected chi connectivity index (χ1v) is 12.2. The Labute approximate surface area is 235 Å². The van der Waals surface area contributed by atoms with Crippen LogP contribution in [0.4, 0.5) is 35.0 Å². The number of hydrogen-bond acceptors (Lipinski definition) is 9. The number of esters is 1. The molecular formula is C23H27Br2F3N6O4. The second kappa shape index (κ2) is 15.1. The van der Waals surface area contributed by atoms with Gasteiger partial charge < -0.3 is 20.9 Å². The molecule has 5 N–H and O–H groups in total. The zero-order chi connectivity index (χ0) is 29.0. The molecule has 0 saturated carbocycles. The average Bonchev–Trinajstić information content (AvgIpc) is 2.80. The van der Waals surface area contributed by atoms with E-state index < -0.39 is 35.1 Å². The largest absolute Gasteiger partial charge is 0.461 e. The van der Waals surface area contributed by atoms with E-state index in [0.29, 0.717) is 9.21 Å². The minimum Gasteiger partial charge on any atom is -0.461 e. The third-order valence-electron chi connectivity index (χ3n) is 3.68. The number of nitrogen functional groups attached to an aromatic ring is 2. The van der Waals surface area contributed by atoms with Gasteiger partial charge in [-0.15, -0.1) is 0 Å². The molecule has 0 spiro atoms. The van der Waals surface area contributed by atoms with Gasteiger partial charge in [0.15, 0.2) is 23.1 Å². The number of halogens is 5. The van der Waals surface area contributed by atoms with Crippen LogP contribution in [0.3, 0.4) is 0 Å². The molecular weight excluding hydrogens is 641 g/mol. The maximum absolute atomic E-state index is 13.2. The van der Waals surface area contributed by atoms with Gasteiger partial charge in [-0.2, -0.15) is 0 Å². The van der Waals surface area contributed by atoms with E-state index in [1.807, 2.05) is 0 Å². The SMILES string of the molecule is CC(C)(C)OC(=O)Nc1cc(Br)ncc1F.CCOC(=O)c1cc(N)c(F)cn1.Nc1cc(Br)ncc1F.[HH]. The molecule has 0 fully saturated rings. The minimum atomic E-state index is -0.704. The smallest absolute Gasteiger partial charge is 0.412 e. The second-order valence-electron chi connectivity index (χ2n) is 7.95. The lowest BCUT2D eigenvalue weighted by Gasteiger charge is -2.19. The maximum atomic E-state index is 13.2.